The number of sulfone groups is 1. The van der Waals surface area contributed by atoms with E-state index < -0.39 is 9.84 Å². The monoisotopic (exact) mass is 271 g/mol. The molecule has 1 aromatic rings. The first-order valence-corrected chi connectivity index (χ1v) is 8.16. The van der Waals surface area contributed by atoms with Crippen molar-refractivity contribution in [1.29, 1.82) is 0 Å². The summed E-state index contributed by atoms with van der Waals surface area (Å²) in [7, 11) is -0.847. The Balaban J connectivity index is 1.96. The molecule has 0 aliphatic carbocycles. The molecule has 6 heteroatoms. The molecule has 0 radical (unpaired) electrons. The molecule has 2 rings (SSSR count). The van der Waals surface area contributed by atoms with Crippen LogP contribution in [0, 0.1) is 6.92 Å². The largest absolute Gasteiger partial charge is 0.307 e. The standard InChI is InChI=1S/C12H21N3O2S/c1-9(12-8-13-15(3)10(12)2)14-11-4-6-18(16,17)7-5-11/h8-9,11,14H,4-7H2,1-3H3. The van der Waals surface area contributed by atoms with E-state index in [4.69, 9.17) is 0 Å². The molecular weight excluding hydrogens is 250 g/mol. The van der Waals surface area contributed by atoms with Crippen molar-refractivity contribution in [2.45, 2.75) is 38.8 Å². The molecule has 1 N–H and O–H groups in total. The lowest BCUT2D eigenvalue weighted by molar-refractivity contribution is 0.419. The fourth-order valence-electron chi connectivity index (χ4n) is 2.44. The molecule has 0 saturated carbocycles. The van der Waals surface area contributed by atoms with Crippen molar-refractivity contribution in [2.24, 2.45) is 7.05 Å². The van der Waals surface area contributed by atoms with Gasteiger partial charge in [0.25, 0.3) is 0 Å². The van der Waals surface area contributed by atoms with Gasteiger partial charge < -0.3 is 5.32 Å². The Morgan fingerprint density at radius 3 is 2.56 bits per heavy atom. The molecule has 102 valence electrons. The van der Waals surface area contributed by atoms with Gasteiger partial charge in [0, 0.05) is 30.4 Å². The van der Waals surface area contributed by atoms with Crippen molar-refractivity contribution in [3.63, 3.8) is 0 Å². The van der Waals surface area contributed by atoms with Gasteiger partial charge in [-0.3, -0.25) is 4.68 Å². The van der Waals surface area contributed by atoms with E-state index in [-0.39, 0.29) is 6.04 Å². The maximum atomic E-state index is 11.4. The molecule has 5 nitrogen and oxygen atoms in total. The minimum atomic E-state index is -2.78. The van der Waals surface area contributed by atoms with E-state index >= 15 is 0 Å². The van der Waals surface area contributed by atoms with E-state index in [1.165, 1.54) is 5.56 Å². The summed E-state index contributed by atoms with van der Waals surface area (Å²) in [6, 6.07) is 0.507. The van der Waals surface area contributed by atoms with E-state index in [1.807, 2.05) is 24.9 Å². The van der Waals surface area contributed by atoms with Crippen LogP contribution in [0.3, 0.4) is 0 Å². The summed E-state index contributed by atoms with van der Waals surface area (Å²) >= 11 is 0. The molecule has 1 aromatic heterocycles. The van der Waals surface area contributed by atoms with Crippen molar-refractivity contribution >= 4 is 9.84 Å². The average Bonchev–Trinajstić information content (AvgIpc) is 2.63. The number of hydrogen-bond acceptors (Lipinski definition) is 4. The summed E-state index contributed by atoms with van der Waals surface area (Å²) in [5, 5.41) is 7.74. The summed E-state index contributed by atoms with van der Waals surface area (Å²) in [5.41, 5.74) is 2.34. The first-order valence-electron chi connectivity index (χ1n) is 6.34. The highest BCUT2D eigenvalue weighted by molar-refractivity contribution is 7.91. The van der Waals surface area contributed by atoms with Crippen LogP contribution in [0.4, 0.5) is 0 Å². The zero-order chi connectivity index (χ0) is 13.3. The summed E-state index contributed by atoms with van der Waals surface area (Å²) in [4.78, 5) is 0. The minimum absolute atomic E-state index is 0.213. The normalized spacial score (nSPS) is 21.9. The zero-order valence-electron chi connectivity index (χ0n) is 11.2. The SMILES string of the molecule is Cc1c(C(C)NC2CCS(=O)(=O)CC2)cnn1C. The van der Waals surface area contributed by atoms with Crippen LogP contribution < -0.4 is 5.32 Å². The predicted molar refractivity (Wildman–Crippen MR) is 71.2 cm³/mol. The molecule has 1 unspecified atom stereocenters. The topological polar surface area (TPSA) is 64.0 Å². The number of aryl methyl sites for hydroxylation is 1. The molecule has 1 aliphatic heterocycles. The predicted octanol–water partition coefficient (Wildman–Crippen LogP) is 0.956. The summed E-state index contributed by atoms with van der Waals surface area (Å²) in [6.45, 7) is 4.15. The molecule has 0 amide bonds. The second-order valence-corrected chi connectivity index (χ2v) is 7.43. The molecular formula is C12H21N3O2S. The van der Waals surface area contributed by atoms with Gasteiger partial charge in [-0.05, 0) is 26.7 Å². The van der Waals surface area contributed by atoms with Gasteiger partial charge in [-0.1, -0.05) is 0 Å². The Morgan fingerprint density at radius 1 is 1.44 bits per heavy atom. The smallest absolute Gasteiger partial charge is 0.150 e. The number of nitrogens with zero attached hydrogens (tertiary/aromatic N) is 2. The highest BCUT2D eigenvalue weighted by atomic mass is 32.2. The fraction of sp³-hybridized carbons (Fsp3) is 0.750. The number of hydrogen-bond donors (Lipinski definition) is 1. The fourth-order valence-corrected chi connectivity index (χ4v) is 3.93. The van der Waals surface area contributed by atoms with Gasteiger partial charge >= 0.3 is 0 Å². The zero-order valence-corrected chi connectivity index (χ0v) is 12.0. The van der Waals surface area contributed by atoms with Crippen LogP contribution in [-0.4, -0.2) is 35.7 Å². The molecule has 1 atom stereocenters. The van der Waals surface area contributed by atoms with E-state index in [1.54, 1.807) is 0 Å². The quantitative estimate of drug-likeness (QED) is 0.889. The van der Waals surface area contributed by atoms with Gasteiger partial charge in [0.05, 0.1) is 17.7 Å². The Bertz CT molecular complexity index is 507. The van der Waals surface area contributed by atoms with Crippen molar-refractivity contribution in [1.82, 2.24) is 15.1 Å². The van der Waals surface area contributed by atoms with Gasteiger partial charge in [0.2, 0.25) is 0 Å². The Morgan fingerprint density at radius 2 is 2.06 bits per heavy atom. The highest BCUT2D eigenvalue weighted by Crippen LogP contribution is 2.20. The van der Waals surface area contributed by atoms with Crippen molar-refractivity contribution in [3.8, 4) is 0 Å². The third kappa shape index (κ3) is 2.92. The van der Waals surface area contributed by atoms with Crippen LogP contribution in [0.25, 0.3) is 0 Å². The van der Waals surface area contributed by atoms with Crippen LogP contribution in [0.15, 0.2) is 6.20 Å². The maximum Gasteiger partial charge on any atom is 0.150 e. The molecule has 1 fully saturated rings. The lowest BCUT2D eigenvalue weighted by Gasteiger charge is -2.26. The van der Waals surface area contributed by atoms with E-state index in [0.717, 1.165) is 5.69 Å². The maximum absolute atomic E-state index is 11.4. The van der Waals surface area contributed by atoms with Gasteiger partial charge in [0.15, 0.2) is 0 Å². The second-order valence-electron chi connectivity index (χ2n) is 5.12. The Hall–Kier alpha value is -0.880. The van der Waals surface area contributed by atoms with Crippen LogP contribution in [0.5, 0.6) is 0 Å². The number of nitrogens with one attached hydrogen (secondary N) is 1. The number of rotatable bonds is 3. The third-order valence-corrected chi connectivity index (χ3v) is 5.50. The van der Waals surface area contributed by atoms with E-state index in [0.29, 0.717) is 30.4 Å². The average molecular weight is 271 g/mol. The van der Waals surface area contributed by atoms with E-state index in [2.05, 4.69) is 17.3 Å². The van der Waals surface area contributed by atoms with Gasteiger partial charge in [0.1, 0.15) is 9.84 Å². The van der Waals surface area contributed by atoms with Gasteiger partial charge in [-0.2, -0.15) is 5.10 Å². The molecule has 0 spiro atoms. The minimum Gasteiger partial charge on any atom is -0.307 e. The third-order valence-electron chi connectivity index (χ3n) is 3.78. The van der Waals surface area contributed by atoms with E-state index in [9.17, 15) is 8.42 Å². The Labute approximate surface area is 108 Å². The first-order chi connectivity index (χ1) is 8.39. The number of aromatic nitrogens is 2. The van der Waals surface area contributed by atoms with Crippen molar-refractivity contribution < 1.29 is 8.42 Å². The van der Waals surface area contributed by atoms with Gasteiger partial charge in [-0.25, -0.2) is 8.42 Å². The lowest BCUT2D eigenvalue weighted by atomic mass is 10.1. The van der Waals surface area contributed by atoms with Crippen LogP contribution in [0.1, 0.15) is 37.1 Å². The first kappa shape index (κ1) is 13.5. The summed E-state index contributed by atoms with van der Waals surface area (Å²) in [6.07, 6.45) is 3.31. The Kier molecular flexibility index (Phi) is 3.77. The van der Waals surface area contributed by atoms with Gasteiger partial charge in [-0.15, -0.1) is 0 Å². The summed E-state index contributed by atoms with van der Waals surface area (Å²) in [5.74, 6) is 0.618. The molecule has 1 saturated heterocycles. The second kappa shape index (κ2) is 5.01. The molecule has 0 aromatic carbocycles. The van der Waals surface area contributed by atoms with Crippen molar-refractivity contribution in [2.75, 3.05) is 11.5 Å². The van der Waals surface area contributed by atoms with Crippen LogP contribution in [-0.2, 0) is 16.9 Å². The molecule has 1 aliphatic rings. The van der Waals surface area contributed by atoms with Crippen molar-refractivity contribution in [3.05, 3.63) is 17.5 Å². The van der Waals surface area contributed by atoms with Crippen LogP contribution >= 0.6 is 0 Å². The lowest BCUT2D eigenvalue weighted by Crippen LogP contribution is -2.38. The summed E-state index contributed by atoms with van der Waals surface area (Å²) < 4.78 is 24.6. The molecule has 2 heterocycles. The van der Waals surface area contributed by atoms with Crippen LogP contribution in [0.2, 0.25) is 0 Å². The molecule has 18 heavy (non-hydrogen) atoms. The molecule has 0 bridgehead atoms. The highest BCUT2D eigenvalue weighted by Gasteiger charge is 2.25.